The van der Waals surface area contributed by atoms with Gasteiger partial charge in [-0.1, -0.05) is 12.1 Å². The number of nitrogens with zero attached hydrogens (tertiary/aromatic N) is 1. The van der Waals surface area contributed by atoms with Gasteiger partial charge in [0.1, 0.15) is 16.9 Å². The summed E-state index contributed by atoms with van der Waals surface area (Å²) in [6.07, 6.45) is 1.47. The molecule has 0 aliphatic carbocycles. The molecule has 0 aliphatic rings. The lowest BCUT2D eigenvalue weighted by Crippen LogP contribution is -2.28. The average molecular weight is 394 g/mol. The van der Waals surface area contributed by atoms with Gasteiger partial charge < -0.3 is 14.5 Å². The molecule has 0 unspecified atom stereocenters. The molecule has 9 heteroatoms. The number of nitro groups is 1. The summed E-state index contributed by atoms with van der Waals surface area (Å²) in [5, 5.41) is 13.8. The van der Waals surface area contributed by atoms with Crippen molar-refractivity contribution in [1.29, 1.82) is 0 Å². The molecule has 0 saturated heterocycles. The SMILES string of the molecule is C=CCNC(=O)c1cc2ccc(OC(=O)c3cccc([N+](=O)[O-])c3)cc2oc1=O. The van der Waals surface area contributed by atoms with Crippen LogP contribution in [0.25, 0.3) is 11.0 Å². The highest BCUT2D eigenvalue weighted by molar-refractivity contribution is 5.97. The number of carbonyl (C=O) groups excluding carboxylic acids is 2. The van der Waals surface area contributed by atoms with E-state index in [0.29, 0.717) is 5.39 Å². The minimum Gasteiger partial charge on any atom is -0.423 e. The molecule has 0 saturated carbocycles. The zero-order valence-corrected chi connectivity index (χ0v) is 14.9. The summed E-state index contributed by atoms with van der Waals surface area (Å²) < 4.78 is 10.3. The first-order valence-electron chi connectivity index (χ1n) is 8.32. The van der Waals surface area contributed by atoms with Crippen LogP contribution in [0.5, 0.6) is 5.75 Å². The number of benzene rings is 2. The summed E-state index contributed by atoms with van der Waals surface area (Å²) >= 11 is 0. The molecular formula is C20H14N2O7. The number of rotatable bonds is 6. The molecule has 0 atom stereocenters. The fraction of sp³-hybridized carbons (Fsp3) is 0.0500. The van der Waals surface area contributed by atoms with Gasteiger partial charge in [0.25, 0.3) is 11.6 Å². The Kier molecular flexibility index (Phi) is 5.49. The Morgan fingerprint density at radius 2 is 2.00 bits per heavy atom. The average Bonchev–Trinajstić information content (AvgIpc) is 2.71. The number of esters is 1. The van der Waals surface area contributed by atoms with Gasteiger partial charge in [0, 0.05) is 30.1 Å². The highest BCUT2D eigenvalue weighted by atomic mass is 16.6. The predicted molar refractivity (Wildman–Crippen MR) is 103 cm³/mol. The van der Waals surface area contributed by atoms with E-state index in [-0.39, 0.29) is 34.7 Å². The van der Waals surface area contributed by atoms with Gasteiger partial charge in [-0.15, -0.1) is 6.58 Å². The van der Waals surface area contributed by atoms with Crippen LogP contribution in [0.4, 0.5) is 5.69 Å². The maximum Gasteiger partial charge on any atom is 0.349 e. The number of hydrogen-bond donors (Lipinski definition) is 1. The Morgan fingerprint density at radius 3 is 2.72 bits per heavy atom. The summed E-state index contributed by atoms with van der Waals surface area (Å²) in [5.41, 5.74) is -1.15. The highest BCUT2D eigenvalue weighted by Gasteiger charge is 2.16. The van der Waals surface area contributed by atoms with E-state index >= 15 is 0 Å². The number of non-ortho nitro benzene ring substituents is 1. The molecule has 0 aliphatic heterocycles. The van der Waals surface area contributed by atoms with Gasteiger partial charge in [0.2, 0.25) is 0 Å². The Bertz CT molecular complexity index is 1200. The van der Waals surface area contributed by atoms with Gasteiger partial charge in [-0.2, -0.15) is 0 Å². The molecule has 3 rings (SSSR count). The molecule has 0 bridgehead atoms. The summed E-state index contributed by atoms with van der Waals surface area (Å²) in [7, 11) is 0. The Labute approximate surface area is 163 Å². The topological polar surface area (TPSA) is 129 Å². The standard InChI is InChI=1S/C20H14N2O7/c1-2-8-21-18(23)16-10-12-6-7-15(11-17(12)29-20(16)25)28-19(24)13-4-3-5-14(9-13)22(26)27/h2-7,9-11H,1,8H2,(H,21,23). The quantitative estimate of drug-likeness (QED) is 0.170. The maximum absolute atomic E-state index is 12.2. The minimum absolute atomic E-state index is 0.00464. The molecular weight excluding hydrogens is 380 g/mol. The molecule has 1 amide bonds. The number of ether oxygens (including phenoxy) is 1. The zero-order valence-electron chi connectivity index (χ0n) is 14.9. The molecule has 0 radical (unpaired) electrons. The van der Waals surface area contributed by atoms with E-state index in [4.69, 9.17) is 9.15 Å². The maximum atomic E-state index is 12.2. The number of hydrogen-bond acceptors (Lipinski definition) is 7. The molecule has 1 N–H and O–H groups in total. The third-order valence-corrected chi connectivity index (χ3v) is 3.86. The summed E-state index contributed by atoms with van der Waals surface area (Å²) in [6, 6.07) is 10.7. The van der Waals surface area contributed by atoms with Crippen LogP contribution in [-0.2, 0) is 0 Å². The van der Waals surface area contributed by atoms with Crippen LogP contribution >= 0.6 is 0 Å². The van der Waals surface area contributed by atoms with Crippen LogP contribution in [0, 0.1) is 10.1 Å². The lowest BCUT2D eigenvalue weighted by Gasteiger charge is -2.06. The van der Waals surface area contributed by atoms with E-state index < -0.39 is 22.4 Å². The van der Waals surface area contributed by atoms with Gasteiger partial charge in [-0.25, -0.2) is 9.59 Å². The monoisotopic (exact) mass is 394 g/mol. The predicted octanol–water partition coefficient (Wildman–Crippen LogP) is 2.84. The van der Waals surface area contributed by atoms with Gasteiger partial charge >= 0.3 is 11.6 Å². The molecule has 1 aromatic heterocycles. The number of amides is 1. The van der Waals surface area contributed by atoms with Crippen molar-refractivity contribution in [3.8, 4) is 5.75 Å². The van der Waals surface area contributed by atoms with Crippen molar-refractivity contribution < 1.29 is 23.7 Å². The summed E-state index contributed by atoms with van der Waals surface area (Å²) in [4.78, 5) is 46.5. The van der Waals surface area contributed by atoms with Crippen molar-refractivity contribution in [2.24, 2.45) is 0 Å². The smallest absolute Gasteiger partial charge is 0.349 e. The molecule has 0 spiro atoms. The fourth-order valence-corrected chi connectivity index (χ4v) is 2.49. The molecule has 3 aromatic rings. The van der Waals surface area contributed by atoms with Crippen LogP contribution in [0.3, 0.4) is 0 Å². The van der Waals surface area contributed by atoms with Crippen molar-refractivity contribution in [2.75, 3.05) is 6.54 Å². The summed E-state index contributed by atoms with van der Waals surface area (Å²) in [6.45, 7) is 3.67. The molecule has 9 nitrogen and oxygen atoms in total. The summed E-state index contributed by atoms with van der Waals surface area (Å²) in [5.74, 6) is -1.33. The highest BCUT2D eigenvalue weighted by Crippen LogP contribution is 2.22. The van der Waals surface area contributed by atoms with Crippen molar-refractivity contribution in [1.82, 2.24) is 5.32 Å². The Morgan fingerprint density at radius 1 is 1.21 bits per heavy atom. The second-order valence-corrected chi connectivity index (χ2v) is 5.84. The number of nitrogens with one attached hydrogen (secondary N) is 1. The second-order valence-electron chi connectivity index (χ2n) is 5.84. The van der Waals surface area contributed by atoms with Gasteiger partial charge in [-0.05, 0) is 24.3 Å². The van der Waals surface area contributed by atoms with Crippen molar-refractivity contribution in [3.63, 3.8) is 0 Å². The van der Waals surface area contributed by atoms with Crippen molar-refractivity contribution in [2.45, 2.75) is 0 Å². The molecule has 2 aromatic carbocycles. The van der Waals surface area contributed by atoms with Crippen LogP contribution < -0.4 is 15.7 Å². The second kappa shape index (κ2) is 8.17. The van der Waals surface area contributed by atoms with E-state index in [2.05, 4.69) is 11.9 Å². The number of fused-ring (bicyclic) bond motifs is 1. The van der Waals surface area contributed by atoms with E-state index in [1.807, 2.05) is 0 Å². The third kappa shape index (κ3) is 4.35. The van der Waals surface area contributed by atoms with Crippen molar-refractivity contribution >= 4 is 28.5 Å². The van der Waals surface area contributed by atoms with Crippen LogP contribution in [0.15, 0.2) is 70.4 Å². The first-order chi connectivity index (χ1) is 13.9. The fourth-order valence-electron chi connectivity index (χ4n) is 2.49. The van der Waals surface area contributed by atoms with E-state index in [9.17, 15) is 24.5 Å². The zero-order chi connectivity index (χ0) is 21.0. The van der Waals surface area contributed by atoms with Gasteiger partial charge in [0.05, 0.1) is 10.5 Å². The van der Waals surface area contributed by atoms with Crippen LogP contribution in [0.1, 0.15) is 20.7 Å². The first kappa shape index (κ1) is 19.5. The molecule has 29 heavy (non-hydrogen) atoms. The van der Waals surface area contributed by atoms with E-state index in [1.165, 1.54) is 48.5 Å². The number of nitro benzene ring substituents is 1. The molecule has 1 heterocycles. The molecule has 146 valence electrons. The Hall–Kier alpha value is -4.27. The van der Waals surface area contributed by atoms with Crippen LogP contribution in [-0.4, -0.2) is 23.3 Å². The lowest BCUT2D eigenvalue weighted by atomic mass is 10.1. The normalized spacial score (nSPS) is 10.3. The minimum atomic E-state index is -0.846. The van der Waals surface area contributed by atoms with E-state index in [1.54, 1.807) is 0 Å². The van der Waals surface area contributed by atoms with Crippen molar-refractivity contribution in [3.05, 3.63) is 92.8 Å². The number of carbonyl (C=O) groups is 2. The Balaban J connectivity index is 1.86. The largest absolute Gasteiger partial charge is 0.423 e. The van der Waals surface area contributed by atoms with Gasteiger partial charge in [-0.3, -0.25) is 14.9 Å². The van der Waals surface area contributed by atoms with Crippen LogP contribution in [0.2, 0.25) is 0 Å². The van der Waals surface area contributed by atoms with E-state index in [0.717, 1.165) is 6.07 Å². The van der Waals surface area contributed by atoms with Gasteiger partial charge in [0.15, 0.2) is 0 Å². The third-order valence-electron chi connectivity index (χ3n) is 3.86. The first-order valence-corrected chi connectivity index (χ1v) is 8.32. The molecule has 0 fully saturated rings. The lowest BCUT2D eigenvalue weighted by molar-refractivity contribution is -0.384.